The molecule has 1 atom stereocenters. The van der Waals surface area contributed by atoms with E-state index in [0.717, 1.165) is 24.9 Å². The number of rotatable bonds is 3. The van der Waals surface area contributed by atoms with E-state index in [0.29, 0.717) is 11.6 Å². The van der Waals surface area contributed by atoms with Gasteiger partial charge in [0, 0.05) is 18.2 Å². The van der Waals surface area contributed by atoms with Crippen LogP contribution in [0.25, 0.3) is 0 Å². The Balaban J connectivity index is 2.11. The molecule has 3 nitrogen and oxygen atoms in total. The summed E-state index contributed by atoms with van der Waals surface area (Å²) in [4.78, 5) is 2.19. The molecule has 0 saturated carbocycles. The highest BCUT2D eigenvalue weighted by molar-refractivity contribution is 6.32. The Morgan fingerprint density at radius 3 is 3.00 bits per heavy atom. The molecule has 1 aliphatic rings. The maximum Gasteiger partial charge on any atom is 0.138 e. The standard InChI is InChI=1S/C12H16ClNO2/c13-11-5-1-3-9(12(11)16)7-14-6-2-4-10(14)8-15/h1,3,5,10,15-16H,2,4,6-8H2/t10-/m1/s1. The van der Waals surface area contributed by atoms with Gasteiger partial charge in [-0.3, -0.25) is 4.90 Å². The van der Waals surface area contributed by atoms with E-state index < -0.39 is 0 Å². The maximum atomic E-state index is 9.80. The van der Waals surface area contributed by atoms with Crippen molar-refractivity contribution in [3.8, 4) is 5.75 Å². The molecule has 1 aromatic rings. The van der Waals surface area contributed by atoms with Crippen LogP contribution in [-0.2, 0) is 6.54 Å². The van der Waals surface area contributed by atoms with Gasteiger partial charge in [0.05, 0.1) is 11.6 Å². The van der Waals surface area contributed by atoms with Gasteiger partial charge in [0.2, 0.25) is 0 Å². The first-order valence-corrected chi connectivity index (χ1v) is 5.91. The molecule has 0 amide bonds. The van der Waals surface area contributed by atoms with Crippen LogP contribution in [0, 0.1) is 0 Å². The van der Waals surface area contributed by atoms with Crippen LogP contribution >= 0.6 is 11.6 Å². The van der Waals surface area contributed by atoms with Gasteiger partial charge >= 0.3 is 0 Å². The fraction of sp³-hybridized carbons (Fsp3) is 0.500. The SMILES string of the molecule is OC[C@H]1CCCN1Cc1cccc(Cl)c1O. The molecule has 0 unspecified atom stereocenters. The number of aliphatic hydroxyl groups excluding tert-OH is 1. The Kier molecular flexibility index (Phi) is 3.69. The second-order valence-corrected chi connectivity index (χ2v) is 4.60. The maximum absolute atomic E-state index is 9.80. The predicted octanol–water partition coefficient (Wildman–Crippen LogP) is 2.00. The summed E-state index contributed by atoms with van der Waals surface area (Å²) < 4.78 is 0. The second-order valence-electron chi connectivity index (χ2n) is 4.20. The van der Waals surface area contributed by atoms with Crippen molar-refractivity contribution in [2.75, 3.05) is 13.2 Å². The van der Waals surface area contributed by atoms with Crippen LogP contribution in [0.3, 0.4) is 0 Å². The Hall–Kier alpha value is -0.770. The first kappa shape index (κ1) is 11.7. The smallest absolute Gasteiger partial charge is 0.138 e. The first-order valence-electron chi connectivity index (χ1n) is 5.53. The summed E-state index contributed by atoms with van der Waals surface area (Å²) in [5.74, 6) is 0.160. The molecule has 1 aliphatic heterocycles. The zero-order valence-electron chi connectivity index (χ0n) is 9.06. The molecule has 1 heterocycles. The van der Waals surface area contributed by atoms with Crippen LogP contribution in [0.2, 0.25) is 5.02 Å². The molecule has 2 N–H and O–H groups in total. The minimum Gasteiger partial charge on any atom is -0.506 e. The lowest BCUT2D eigenvalue weighted by atomic mass is 10.1. The van der Waals surface area contributed by atoms with Gasteiger partial charge in [-0.05, 0) is 25.5 Å². The molecule has 0 bridgehead atoms. The third-order valence-corrected chi connectivity index (χ3v) is 3.46. The monoisotopic (exact) mass is 241 g/mol. The number of halogens is 1. The molecule has 2 rings (SSSR count). The number of aliphatic hydroxyl groups is 1. The lowest BCUT2D eigenvalue weighted by Gasteiger charge is -2.23. The number of hydrogen-bond acceptors (Lipinski definition) is 3. The summed E-state index contributed by atoms with van der Waals surface area (Å²) in [6.45, 7) is 1.80. The van der Waals surface area contributed by atoms with Gasteiger partial charge in [0.25, 0.3) is 0 Å². The fourth-order valence-electron chi connectivity index (χ4n) is 2.22. The average Bonchev–Trinajstić information content (AvgIpc) is 2.72. The zero-order valence-corrected chi connectivity index (χ0v) is 9.82. The molecule has 0 spiro atoms. The number of benzene rings is 1. The van der Waals surface area contributed by atoms with Gasteiger partial charge in [0.1, 0.15) is 5.75 Å². The Morgan fingerprint density at radius 1 is 1.44 bits per heavy atom. The topological polar surface area (TPSA) is 43.7 Å². The van der Waals surface area contributed by atoms with Crippen LogP contribution in [0.1, 0.15) is 18.4 Å². The quantitative estimate of drug-likeness (QED) is 0.851. The van der Waals surface area contributed by atoms with Crippen molar-refractivity contribution >= 4 is 11.6 Å². The Bertz CT molecular complexity index is 370. The van der Waals surface area contributed by atoms with Gasteiger partial charge < -0.3 is 10.2 Å². The van der Waals surface area contributed by atoms with Gasteiger partial charge in [-0.2, -0.15) is 0 Å². The van der Waals surface area contributed by atoms with Crippen molar-refractivity contribution in [1.29, 1.82) is 0 Å². The number of phenolic OH excluding ortho intramolecular Hbond substituents is 1. The van der Waals surface area contributed by atoms with E-state index in [4.69, 9.17) is 11.6 Å². The van der Waals surface area contributed by atoms with Crippen LogP contribution in [0.15, 0.2) is 18.2 Å². The Morgan fingerprint density at radius 2 is 2.25 bits per heavy atom. The van der Waals surface area contributed by atoms with E-state index in [1.54, 1.807) is 6.07 Å². The molecular weight excluding hydrogens is 226 g/mol. The van der Waals surface area contributed by atoms with Gasteiger partial charge in [-0.15, -0.1) is 0 Å². The van der Waals surface area contributed by atoms with Crippen molar-refractivity contribution in [3.63, 3.8) is 0 Å². The number of hydrogen-bond donors (Lipinski definition) is 2. The zero-order chi connectivity index (χ0) is 11.5. The summed E-state index contributed by atoms with van der Waals surface area (Å²) in [7, 11) is 0. The van der Waals surface area contributed by atoms with E-state index >= 15 is 0 Å². The fourth-order valence-corrected chi connectivity index (χ4v) is 2.41. The minimum absolute atomic E-state index is 0.160. The van der Waals surface area contributed by atoms with Gasteiger partial charge in [-0.25, -0.2) is 0 Å². The molecule has 0 radical (unpaired) electrons. The molecule has 4 heteroatoms. The van der Waals surface area contributed by atoms with E-state index in [1.807, 2.05) is 12.1 Å². The number of nitrogens with zero attached hydrogens (tertiary/aromatic N) is 1. The summed E-state index contributed by atoms with van der Waals surface area (Å²) >= 11 is 5.85. The lowest BCUT2D eigenvalue weighted by molar-refractivity contribution is 0.152. The number of likely N-dealkylation sites (tertiary alicyclic amines) is 1. The van der Waals surface area contributed by atoms with Gasteiger partial charge in [0.15, 0.2) is 0 Å². The molecule has 0 aromatic heterocycles. The highest BCUT2D eigenvalue weighted by atomic mass is 35.5. The van der Waals surface area contributed by atoms with Crippen LogP contribution in [0.5, 0.6) is 5.75 Å². The van der Waals surface area contributed by atoms with Crippen molar-refractivity contribution in [1.82, 2.24) is 4.90 Å². The predicted molar refractivity (Wildman–Crippen MR) is 63.6 cm³/mol. The van der Waals surface area contributed by atoms with E-state index in [9.17, 15) is 10.2 Å². The summed E-state index contributed by atoms with van der Waals surface area (Å²) in [6, 6.07) is 5.60. The number of para-hydroxylation sites is 1. The first-order chi connectivity index (χ1) is 7.72. The van der Waals surface area contributed by atoms with Crippen LogP contribution in [0.4, 0.5) is 0 Å². The third-order valence-electron chi connectivity index (χ3n) is 3.15. The highest BCUT2D eigenvalue weighted by Crippen LogP contribution is 2.29. The second kappa shape index (κ2) is 5.04. The van der Waals surface area contributed by atoms with Crippen molar-refractivity contribution in [2.45, 2.75) is 25.4 Å². The van der Waals surface area contributed by atoms with Crippen molar-refractivity contribution in [2.24, 2.45) is 0 Å². The number of phenols is 1. The molecular formula is C12H16ClNO2. The average molecular weight is 242 g/mol. The third kappa shape index (κ3) is 2.32. The number of aromatic hydroxyl groups is 1. The highest BCUT2D eigenvalue weighted by Gasteiger charge is 2.24. The summed E-state index contributed by atoms with van der Waals surface area (Å²) in [5, 5.41) is 19.4. The van der Waals surface area contributed by atoms with E-state index in [2.05, 4.69) is 4.90 Å². The lowest BCUT2D eigenvalue weighted by Crippen LogP contribution is -2.31. The molecule has 1 saturated heterocycles. The summed E-state index contributed by atoms with van der Waals surface area (Å²) in [5.41, 5.74) is 0.827. The van der Waals surface area contributed by atoms with Crippen LogP contribution in [-0.4, -0.2) is 34.3 Å². The van der Waals surface area contributed by atoms with Gasteiger partial charge in [-0.1, -0.05) is 23.7 Å². The normalized spacial score (nSPS) is 21.5. The molecule has 88 valence electrons. The molecule has 16 heavy (non-hydrogen) atoms. The van der Waals surface area contributed by atoms with Crippen molar-refractivity contribution < 1.29 is 10.2 Å². The van der Waals surface area contributed by atoms with Crippen molar-refractivity contribution in [3.05, 3.63) is 28.8 Å². The molecule has 0 aliphatic carbocycles. The van der Waals surface area contributed by atoms with E-state index in [1.165, 1.54) is 0 Å². The molecule has 1 fully saturated rings. The Labute approximate surface area is 100 Å². The largest absolute Gasteiger partial charge is 0.506 e. The van der Waals surface area contributed by atoms with Crippen LogP contribution < -0.4 is 0 Å². The van der Waals surface area contributed by atoms with E-state index in [-0.39, 0.29) is 18.4 Å². The minimum atomic E-state index is 0.160. The molecule has 1 aromatic carbocycles. The summed E-state index contributed by atoms with van der Waals surface area (Å²) in [6.07, 6.45) is 2.13.